The molecule has 36 heavy (non-hydrogen) atoms. The van der Waals surface area contributed by atoms with Gasteiger partial charge in [0.1, 0.15) is 23.9 Å². The Morgan fingerprint density at radius 3 is 1.86 bits per heavy atom. The van der Waals surface area contributed by atoms with E-state index in [1.54, 1.807) is 39.8 Å². The summed E-state index contributed by atoms with van der Waals surface area (Å²) in [6.45, 7) is 6.82. The van der Waals surface area contributed by atoms with Gasteiger partial charge < -0.3 is 37.0 Å². The van der Waals surface area contributed by atoms with Crippen molar-refractivity contribution in [3.63, 3.8) is 0 Å². The summed E-state index contributed by atoms with van der Waals surface area (Å²) in [5.74, 6) is -5.53. The molecule has 1 aromatic carbocycles. The lowest BCUT2D eigenvalue weighted by molar-refractivity contribution is -0.144. The fourth-order valence-electron chi connectivity index (χ4n) is 3.38. The van der Waals surface area contributed by atoms with E-state index in [4.69, 9.17) is 5.73 Å². The number of rotatable bonds is 14. The van der Waals surface area contributed by atoms with Gasteiger partial charge >= 0.3 is 11.9 Å². The summed E-state index contributed by atoms with van der Waals surface area (Å²) < 4.78 is 0. The Labute approximate surface area is 209 Å². The molecule has 0 heterocycles. The highest BCUT2D eigenvalue weighted by molar-refractivity contribution is 5.95. The molecule has 0 aliphatic carbocycles. The molecular weight excluding hydrogens is 472 g/mol. The summed E-state index contributed by atoms with van der Waals surface area (Å²) in [5, 5.41) is 35.1. The number of carbonyl (C=O) groups is 5. The monoisotopic (exact) mass is 508 g/mol. The molecule has 12 nitrogen and oxygen atoms in total. The smallest absolute Gasteiger partial charge is 0.326 e. The number of carboxylic acids is 2. The molecule has 0 radical (unpaired) electrons. The largest absolute Gasteiger partial charge is 0.508 e. The molecule has 0 spiro atoms. The first-order chi connectivity index (χ1) is 16.7. The number of phenolic OH excluding ortho intramolecular Hbond substituents is 1. The minimum absolute atomic E-state index is 0.0622. The van der Waals surface area contributed by atoms with Crippen LogP contribution in [0.5, 0.6) is 5.75 Å². The Bertz CT molecular complexity index is 933. The highest BCUT2D eigenvalue weighted by Gasteiger charge is 2.33. The molecule has 0 fully saturated rings. The molecule has 1 rings (SSSR count). The van der Waals surface area contributed by atoms with Crippen LogP contribution in [0.3, 0.4) is 0 Å². The van der Waals surface area contributed by atoms with E-state index in [-0.39, 0.29) is 24.5 Å². The summed E-state index contributed by atoms with van der Waals surface area (Å²) in [5.41, 5.74) is 6.66. The van der Waals surface area contributed by atoms with Crippen LogP contribution in [0.2, 0.25) is 0 Å². The summed E-state index contributed by atoms with van der Waals surface area (Å²) in [6, 6.07) is 1.13. The fraction of sp³-hybridized carbons (Fsp3) is 0.542. The van der Waals surface area contributed by atoms with Gasteiger partial charge in [-0.2, -0.15) is 0 Å². The van der Waals surface area contributed by atoms with Gasteiger partial charge in [-0.1, -0.05) is 39.8 Å². The second-order valence-electron chi connectivity index (χ2n) is 9.40. The van der Waals surface area contributed by atoms with Crippen molar-refractivity contribution in [2.45, 2.75) is 71.1 Å². The molecule has 0 saturated heterocycles. The predicted molar refractivity (Wildman–Crippen MR) is 130 cm³/mol. The summed E-state index contributed by atoms with van der Waals surface area (Å²) >= 11 is 0. The number of nitrogens with one attached hydrogen (secondary N) is 3. The summed E-state index contributed by atoms with van der Waals surface area (Å²) in [7, 11) is 0. The van der Waals surface area contributed by atoms with Crippen LogP contribution in [0.25, 0.3) is 0 Å². The molecule has 1 aromatic rings. The highest BCUT2D eigenvalue weighted by atomic mass is 16.4. The van der Waals surface area contributed by atoms with Crippen LogP contribution in [0.4, 0.5) is 0 Å². The third kappa shape index (κ3) is 10.3. The van der Waals surface area contributed by atoms with Gasteiger partial charge in [0.05, 0.1) is 12.5 Å². The van der Waals surface area contributed by atoms with E-state index in [1.165, 1.54) is 12.1 Å². The maximum absolute atomic E-state index is 12.9. The van der Waals surface area contributed by atoms with Gasteiger partial charge in [-0.05, 0) is 42.4 Å². The number of carbonyl (C=O) groups excluding carboxylic acids is 3. The van der Waals surface area contributed by atoms with E-state index in [1.807, 2.05) is 0 Å². The van der Waals surface area contributed by atoms with Crippen molar-refractivity contribution >= 4 is 29.7 Å². The number of hydrogen-bond acceptors (Lipinski definition) is 7. The number of benzene rings is 1. The zero-order valence-electron chi connectivity index (χ0n) is 20.9. The number of hydrogen-bond donors (Lipinski definition) is 7. The number of phenols is 1. The van der Waals surface area contributed by atoms with E-state index in [0.29, 0.717) is 5.56 Å². The molecule has 3 amide bonds. The SMILES string of the molecule is CC(C)CC(NC(=O)C(CC(=O)O)NC(=O)C(NC(=O)C(N)Cc1ccc(O)cc1)C(C)C)C(=O)O. The Morgan fingerprint density at radius 1 is 0.833 bits per heavy atom. The number of aromatic hydroxyl groups is 1. The van der Waals surface area contributed by atoms with Gasteiger partial charge in [0.2, 0.25) is 17.7 Å². The number of carboxylic acid groups (broad SMARTS) is 2. The third-order valence-corrected chi connectivity index (χ3v) is 5.31. The molecule has 0 saturated carbocycles. The summed E-state index contributed by atoms with van der Waals surface area (Å²) in [6.07, 6.45) is -0.544. The second-order valence-corrected chi connectivity index (χ2v) is 9.40. The minimum Gasteiger partial charge on any atom is -0.508 e. The molecule has 8 N–H and O–H groups in total. The zero-order valence-corrected chi connectivity index (χ0v) is 20.9. The highest BCUT2D eigenvalue weighted by Crippen LogP contribution is 2.12. The van der Waals surface area contributed by atoms with Gasteiger partial charge in [0.25, 0.3) is 0 Å². The van der Waals surface area contributed by atoms with Crippen LogP contribution in [0, 0.1) is 11.8 Å². The Hall–Kier alpha value is -3.67. The average Bonchev–Trinajstić information content (AvgIpc) is 2.76. The maximum Gasteiger partial charge on any atom is 0.326 e. The lowest BCUT2D eigenvalue weighted by atomic mass is 10.00. The fourth-order valence-corrected chi connectivity index (χ4v) is 3.38. The van der Waals surface area contributed by atoms with Gasteiger partial charge in [-0.3, -0.25) is 19.2 Å². The number of amides is 3. The van der Waals surface area contributed by atoms with Gasteiger partial charge in [-0.25, -0.2) is 4.79 Å². The standard InChI is InChI=1S/C24H36N4O8/c1-12(2)9-18(24(35)36)27-22(33)17(11-19(30)31)26-23(34)20(13(3)4)28-21(32)16(25)10-14-5-7-15(29)8-6-14/h5-8,12-13,16-18,20,29H,9-11,25H2,1-4H3,(H,26,34)(H,27,33)(H,28,32)(H,30,31)(H,35,36). The third-order valence-electron chi connectivity index (χ3n) is 5.31. The predicted octanol–water partition coefficient (Wildman–Crippen LogP) is -0.0222. The van der Waals surface area contributed by atoms with Crippen molar-refractivity contribution in [3.05, 3.63) is 29.8 Å². The first kappa shape index (κ1) is 30.4. The molecule has 0 bridgehead atoms. The van der Waals surface area contributed by atoms with E-state index in [2.05, 4.69) is 16.0 Å². The minimum atomic E-state index is -1.56. The Kier molecular flexibility index (Phi) is 11.8. The van der Waals surface area contributed by atoms with E-state index >= 15 is 0 Å². The van der Waals surface area contributed by atoms with Crippen LogP contribution >= 0.6 is 0 Å². The molecule has 0 aliphatic rings. The van der Waals surface area contributed by atoms with Crippen LogP contribution in [-0.2, 0) is 30.4 Å². The molecule has 12 heteroatoms. The summed E-state index contributed by atoms with van der Waals surface area (Å²) in [4.78, 5) is 61.1. The number of aliphatic carboxylic acids is 2. The van der Waals surface area contributed by atoms with Crippen molar-refractivity contribution in [1.82, 2.24) is 16.0 Å². The quantitative estimate of drug-likeness (QED) is 0.180. The Morgan fingerprint density at radius 2 is 1.39 bits per heavy atom. The molecule has 0 aromatic heterocycles. The molecule has 4 atom stereocenters. The van der Waals surface area contributed by atoms with E-state index < -0.39 is 66.2 Å². The van der Waals surface area contributed by atoms with Crippen molar-refractivity contribution < 1.29 is 39.3 Å². The van der Waals surface area contributed by atoms with Gasteiger partial charge in [0, 0.05) is 0 Å². The van der Waals surface area contributed by atoms with Crippen LogP contribution < -0.4 is 21.7 Å². The van der Waals surface area contributed by atoms with Crippen molar-refractivity contribution in [1.29, 1.82) is 0 Å². The van der Waals surface area contributed by atoms with Crippen LogP contribution in [0.15, 0.2) is 24.3 Å². The van der Waals surface area contributed by atoms with E-state index in [0.717, 1.165) is 0 Å². The maximum atomic E-state index is 12.9. The second kappa shape index (κ2) is 14.0. The Balaban J connectivity index is 2.93. The molecule has 0 aliphatic heterocycles. The first-order valence-corrected chi connectivity index (χ1v) is 11.6. The van der Waals surface area contributed by atoms with Gasteiger partial charge in [-0.15, -0.1) is 0 Å². The lowest BCUT2D eigenvalue weighted by Gasteiger charge is -2.26. The van der Waals surface area contributed by atoms with Crippen LogP contribution in [0.1, 0.15) is 46.1 Å². The average molecular weight is 509 g/mol. The lowest BCUT2D eigenvalue weighted by Crippen LogP contribution is -2.59. The van der Waals surface area contributed by atoms with Crippen molar-refractivity contribution in [3.8, 4) is 5.75 Å². The molecule has 200 valence electrons. The van der Waals surface area contributed by atoms with Gasteiger partial charge in [0.15, 0.2) is 0 Å². The topological polar surface area (TPSA) is 208 Å². The van der Waals surface area contributed by atoms with Crippen molar-refractivity contribution in [2.24, 2.45) is 17.6 Å². The van der Waals surface area contributed by atoms with E-state index in [9.17, 15) is 39.3 Å². The van der Waals surface area contributed by atoms with Crippen LogP contribution in [-0.4, -0.2) is 69.1 Å². The first-order valence-electron chi connectivity index (χ1n) is 11.6. The number of nitrogens with two attached hydrogens (primary N) is 1. The molecule has 4 unspecified atom stereocenters. The van der Waals surface area contributed by atoms with Crippen molar-refractivity contribution in [2.75, 3.05) is 0 Å². The zero-order chi connectivity index (χ0) is 27.6. The normalized spacial score (nSPS) is 14.4. The molecular formula is C24H36N4O8.